The van der Waals surface area contributed by atoms with E-state index in [1.54, 1.807) is 6.20 Å². The van der Waals surface area contributed by atoms with Gasteiger partial charge in [0.05, 0.1) is 6.20 Å². The highest BCUT2D eigenvalue weighted by atomic mass is 16.1. The first-order valence-electron chi connectivity index (χ1n) is 6.66. The van der Waals surface area contributed by atoms with Crippen LogP contribution < -0.4 is 16.4 Å². The van der Waals surface area contributed by atoms with E-state index < -0.39 is 11.9 Å². The van der Waals surface area contributed by atoms with Gasteiger partial charge in [-0.3, -0.25) is 4.79 Å². The zero-order chi connectivity index (χ0) is 14.7. The van der Waals surface area contributed by atoms with E-state index in [2.05, 4.69) is 20.6 Å². The molecule has 0 bridgehead atoms. The molecule has 1 atom stereocenters. The summed E-state index contributed by atoms with van der Waals surface area (Å²) in [6, 6.07) is -0.486. The van der Waals surface area contributed by atoms with Gasteiger partial charge < -0.3 is 20.8 Å². The third kappa shape index (κ3) is 2.81. The number of hydrogen-bond donors (Lipinski definition) is 3. The Morgan fingerprint density at radius 1 is 1.50 bits per heavy atom. The molecule has 0 spiro atoms. The first-order valence-corrected chi connectivity index (χ1v) is 6.66. The van der Waals surface area contributed by atoms with Crippen molar-refractivity contribution in [3.8, 4) is 0 Å². The van der Waals surface area contributed by atoms with Crippen molar-refractivity contribution in [1.82, 2.24) is 14.4 Å². The summed E-state index contributed by atoms with van der Waals surface area (Å²) >= 11 is 0. The molecule has 2 heterocycles. The number of anilines is 2. The van der Waals surface area contributed by atoms with Crippen LogP contribution in [0.1, 0.15) is 20.8 Å². The van der Waals surface area contributed by atoms with Crippen LogP contribution in [0, 0.1) is 5.92 Å². The molecule has 0 aliphatic rings. The number of aromatic nitrogens is 3. The molecule has 0 saturated carbocycles. The van der Waals surface area contributed by atoms with Gasteiger partial charge in [-0.25, -0.2) is 9.97 Å². The van der Waals surface area contributed by atoms with Crippen molar-refractivity contribution in [2.45, 2.75) is 26.8 Å². The Kier molecular flexibility index (Phi) is 4.07. The second-order valence-corrected chi connectivity index (χ2v) is 4.93. The molecule has 0 fully saturated rings. The number of nitrogens with zero attached hydrogens (tertiary/aromatic N) is 3. The molecular formula is C13H20N6O. The van der Waals surface area contributed by atoms with Gasteiger partial charge in [0.1, 0.15) is 11.9 Å². The van der Waals surface area contributed by atoms with Crippen LogP contribution in [-0.2, 0) is 4.79 Å². The first kappa shape index (κ1) is 14.1. The molecule has 0 aliphatic carbocycles. The van der Waals surface area contributed by atoms with Gasteiger partial charge in [-0.2, -0.15) is 0 Å². The highest BCUT2D eigenvalue weighted by molar-refractivity contribution is 5.84. The Balaban J connectivity index is 2.40. The molecule has 20 heavy (non-hydrogen) atoms. The fraction of sp³-hybridized carbons (Fsp3) is 0.462. The van der Waals surface area contributed by atoms with Crippen LogP contribution >= 0.6 is 0 Å². The van der Waals surface area contributed by atoms with Crippen molar-refractivity contribution < 1.29 is 4.79 Å². The Hall–Kier alpha value is -2.31. The summed E-state index contributed by atoms with van der Waals surface area (Å²) in [6.07, 6.45) is 5.37. The predicted octanol–water partition coefficient (Wildman–Crippen LogP) is 1.08. The van der Waals surface area contributed by atoms with E-state index in [1.807, 2.05) is 37.6 Å². The maximum absolute atomic E-state index is 11.5. The molecular weight excluding hydrogens is 256 g/mol. The quantitative estimate of drug-likeness (QED) is 0.733. The topological polar surface area (TPSA) is 97.3 Å². The van der Waals surface area contributed by atoms with Crippen LogP contribution in [0.2, 0.25) is 0 Å². The number of fused-ring (bicyclic) bond motifs is 1. The van der Waals surface area contributed by atoms with E-state index in [-0.39, 0.29) is 5.92 Å². The monoisotopic (exact) mass is 276 g/mol. The number of carbonyl (C=O) groups is 1. The molecule has 2 rings (SSSR count). The molecule has 0 saturated heterocycles. The molecule has 7 heteroatoms. The minimum atomic E-state index is -0.486. The maximum Gasteiger partial charge on any atom is 0.240 e. The minimum Gasteiger partial charge on any atom is -0.369 e. The average molecular weight is 276 g/mol. The summed E-state index contributed by atoms with van der Waals surface area (Å²) in [5, 5.41) is 6.24. The predicted molar refractivity (Wildman–Crippen MR) is 78.6 cm³/mol. The van der Waals surface area contributed by atoms with Crippen LogP contribution in [-0.4, -0.2) is 32.9 Å². The summed E-state index contributed by atoms with van der Waals surface area (Å²) in [6.45, 7) is 6.61. The van der Waals surface area contributed by atoms with Crippen LogP contribution in [0.4, 0.5) is 11.6 Å². The summed E-state index contributed by atoms with van der Waals surface area (Å²) in [7, 11) is 0. The summed E-state index contributed by atoms with van der Waals surface area (Å²) in [5.41, 5.74) is 6.09. The lowest BCUT2D eigenvalue weighted by Gasteiger charge is -2.20. The van der Waals surface area contributed by atoms with E-state index in [0.717, 1.165) is 6.54 Å². The number of rotatable bonds is 6. The maximum atomic E-state index is 11.5. The first-order chi connectivity index (χ1) is 9.52. The highest BCUT2D eigenvalue weighted by Crippen LogP contribution is 2.19. The van der Waals surface area contributed by atoms with Crippen molar-refractivity contribution >= 4 is 23.2 Å². The summed E-state index contributed by atoms with van der Waals surface area (Å²) in [5.74, 6) is 0.922. The second kappa shape index (κ2) is 5.77. The van der Waals surface area contributed by atoms with Gasteiger partial charge in [0.2, 0.25) is 5.91 Å². The molecule has 2 aromatic heterocycles. The van der Waals surface area contributed by atoms with E-state index in [4.69, 9.17) is 5.73 Å². The molecule has 0 radical (unpaired) electrons. The largest absolute Gasteiger partial charge is 0.369 e. The van der Waals surface area contributed by atoms with E-state index >= 15 is 0 Å². The second-order valence-electron chi connectivity index (χ2n) is 4.93. The SMILES string of the molecule is CCNc1cn2ccnc2c(NC(C(N)=O)C(C)C)n1. The number of carbonyl (C=O) groups excluding carboxylic acids is 1. The van der Waals surface area contributed by atoms with Gasteiger partial charge in [-0.1, -0.05) is 13.8 Å². The van der Waals surface area contributed by atoms with Gasteiger partial charge in [0.25, 0.3) is 0 Å². The van der Waals surface area contributed by atoms with Gasteiger partial charge in [0.15, 0.2) is 11.5 Å². The van der Waals surface area contributed by atoms with Gasteiger partial charge in [-0.05, 0) is 12.8 Å². The van der Waals surface area contributed by atoms with Crippen molar-refractivity contribution in [3.05, 3.63) is 18.6 Å². The molecule has 2 aromatic rings. The van der Waals surface area contributed by atoms with Crippen LogP contribution in [0.25, 0.3) is 5.65 Å². The van der Waals surface area contributed by atoms with Crippen molar-refractivity contribution in [2.75, 3.05) is 17.2 Å². The lowest BCUT2D eigenvalue weighted by Crippen LogP contribution is -2.40. The number of nitrogens with one attached hydrogen (secondary N) is 2. The van der Waals surface area contributed by atoms with E-state index in [9.17, 15) is 4.79 Å². The van der Waals surface area contributed by atoms with Crippen molar-refractivity contribution in [1.29, 1.82) is 0 Å². The van der Waals surface area contributed by atoms with Gasteiger partial charge in [0, 0.05) is 18.9 Å². The van der Waals surface area contributed by atoms with Crippen LogP contribution in [0.3, 0.4) is 0 Å². The molecule has 1 unspecified atom stereocenters. The van der Waals surface area contributed by atoms with E-state index in [1.165, 1.54) is 0 Å². The van der Waals surface area contributed by atoms with Gasteiger partial charge >= 0.3 is 0 Å². The Morgan fingerprint density at radius 2 is 2.25 bits per heavy atom. The van der Waals surface area contributed by atoms with Crippen molar-refractivity contribution in [3.63, 3.8) is 0 Å². The zero-order valence-corrected chi connectivity index (χ0v) is 11.9. The zero-order valence-electron chi connectivity index (χ0n) is 11.9. The van der Waals surface area contributed by atoms with Crippen molar-refractivity contribution in [2.24, 2.45) is 11.7 Å². The molecule has 4 N–H and O–H groups in total. The molecule has 1 amide bonds. The third-order valence-electron chi connectivity index (χ3n) is 3.00. The lowest BCUT2D eigenvalue weighted by atomic mass is 10.0. The number of primary amides is 1. The number of hydrogen-bond acceptors (Lipinski definition) is 5. The molecule has 0 aliphatic heterocycles. The minimum absolute atomic E-state index is 0.0621. The van der Waals surface area contributed by atoms with Crippen LogP contribution in [0.5, 0.6) is 0 Å². The number of nitrogens with two attached hydrogens (primary N) is 1. The van der Waals surface area contributed by atoms with Crippen LogP contribution in [0.15, 0.2) is 18.6 Å². The fourth-order valence-electron chi connectivity index (χ4n) is 2.01. The number of amides is 1. The molecule has 7 nitrogen and oxygen atoms in total. The third-order valence-corrected chi connectivity index (χ3v) is 3.00. The lowest BCUT2D eigenvalue weighted by molar-refractivity contribution is -0.119. The molecule has 108 valence electrons. The summed E-state index contributed by atoms with van der Waals surface area (Å²) < 4.78 is 1.85. The molecule has 0 aromatic carbocycles. The number of imidazole rings is 1. The van der Waals surface area contributed by atoms with E-state index in [0.29, 0.717) is 17.3 Å². The average Bonchev–Trinajstić information content (AvgIpc) is 2.83. The highest BCUT2D eigenvalue weighted by Gasteiger charge is 2.21. The Bertz CT molecular complexity index is 606. The summed E-state index contributed by atoms with van der Waals surface area (Å²) in [4.78, 5) is 20.2. The Labute approximate surface area is 117 Å². The normalized spacial score (nSPS) is 12.6. The fourth-order valence-corrected chi connectivity index (χ4v) is 2.01. The standard InChI is InChI=1S/C13H20N6O/c1-4-15-9-7-19-6-5-16-13(19)12(17-9)18-10(8(2)3)11(14)20/h5-8,10,15H,4H2,1-3H3,(H2,14,20)(H,17,18). The Morgan fingerprint density at radius 3 is 2.85 bits per heavy atom. The van der Waals surface area contributed by atoms with Gasteiger partial charge in [-0.15, -0.1) is 0 Å². The smallest absolute Gasteiger partial charge is 0.240 e.